The van der Waals surface area contributed by atoms with Gasteiger partial charge in [-0.05, 0) is 43.7 Å². The fourth-order valence-corrected chi connectivity index (χ4v) is 3.81. The van der Waals surface area contributed by atoms with Crippen molar-refractivity contribution in [2.75, 3.05) is 13.1 Å². The van der Waals surface area contributed by atoms with Gasteiger partial charge >= 0.3 is 6.03 Å². The first kappa shape index (κ1) is 18.4. The molecule has 1 saturated heterocycles. The number of nitrogens with zero attached hydrogens (tertiary/aromatic N) is 2. The minimum absolute atomic E-state index is 0.230. The highest BCUT2D eigenvalue weighted by molar-refractivity contribution is 6.09. The van der Waals surface area contributed by atoms with E-state index >= 15 is 0 Å². The lowest BCUT2D eigenvalue weighted by molar-refractivity contribution is -0.136. The molecule has 7 heteroatoms. The fraction of sp³-hybridized carbons (Fsp3) is 0.579. The molecule has 3 rings (SSSR count). The van der Waals surface area contributed by atoms with Crippen LogP contribution in [0.25, 0.3) is 0 Å². The van der Waals surface area contributed by atoms with Crippen molar-refractivity contribution in [3.8, 4) is 0 Å². The zero-order chi connectivity index (χ0) is 18.6. The molecular weight excluding hydrogens is 332 g/mol. The Morgan fingerprint density at radius 3 is 2.77 bits per heavy atom. The van der Waals surface area contributed by atoms with E-state index in [0.717, 1.165) is 29.9 Å². The molecule has 1 aliphatic heterocycles. The van der Waals surface area contributed by atoms with Crippen LogP contribution in [0, 0.1) is 5.92 Å². The summed E-state index contributed by atoms with van der Waals surface area (Å²) in [5.41, 5.74) is 0.0891. The number of hydrogen-bond acceptors (Lipinski definition) is 4. The number of amides is 4. The van der Waals surface area contributed by atoms with E-state index < -0.39 is 11.6 Å². The normalized spacial score (nSPS) is 25.4. The Bertz CT molecular complexity index is 669. The molecule has 2 N–H and O–H groups in total. The number of nitrogens with one attached hydrogen (secondary N) is 2. The van der Waals surface area contributed by atoms with Gasteiger partial charge < -0.3 is 10.6 Å². The Morgan fingerprint density at radius 2 is 2.12 bits per heavy atom. The predicted molar refractivity (Wildman–Crippen MR) is 96.2 cm³/mol. The summed E-state index contributed by atoms with van der Waals surface area (Å²) in [6.07, 6.45) is 6.60. The second-order valence-electron chi connectivity index (χ2n) is 7.18. The monoisotopic (exact) mass is 358 g/mol. The first-order valence-electron chi connectivity index (χ1n) is 9.35. The van der Waals surface area contributed by atoms with Gasteiger partial charge in [0.25, 0.3) is 5.91 Å². The topological polar surface area (TPSA) is 91.4 Å². The summed E-state index contributed by atoms with van der Waals surface area (Å²) in [6.45, 7) is 2.34. The van der Waals surface area contributed by atoms with Crippen LogP contribution in [-0.2, 0) is 16.0 Å². The molecule has 0 atom stereocenters. The molecule has 26 heavy (non-hydrogen) atoms. The van der Waals surface area contributed by atoms with E-state index in [9.17, 15) is 14.4 Å². The van der Waals surface area contributed by atoms with E-state index in [2.05, 4.69) is 22.5 Å². The third-order valence-corrected chi connectivity index (χ3v) is 5.51. The smallest absolute Gasteiger partial charge is 0.325 e. The van der Waals surface area contributed by atoms with Crippen LogP contribution in [0.3, 0.4) is 0 Å². The highest BCUT2D eigenvalue weighted by atomic mass is 16.2. The van der Waals surface area contributed by atoms with E-state index in [1.165, 1.54) is 0 Å². The summed E-state index contributed by atoms with van der Waals surface area (Å²) in [5, 5.41) is 5.60. The molecule has 1 aromatic rings. The van der Waals surface area contributed by atoms with Crippen molar-refractivity contribution in [3.05, 3.63) is 30.1 Å². The van der Waals surface area contributed by atoms with E-state index in [1.54, 1.807) is 6.20 Å². The third-order valence-electron chi connectivity index (χ3n) is 5.51. The Balaban J connectivity index is 1.50. The largest absolute Gasteiger partial charge is 0.354 e. The van der Waals surface area contributed by atoms with Crippen LogP contribution in [0.5, 0.6) is 0 Å². The summed E-state index contributed by atoms with van der Waals surface area (Å²) < 4.78 is 0. The Hall–Kier alpha value is -2.44. The maximum Gasteiger partial charge on any atom is 0.325 e. The average molecular weight is 358 g/mol. The van der Waals surface area contributed by atoms with Gasteiger partial charge in [-0.2, -0.15) is 0 Å². The maximum atomic E-state index is 12.8. The standard InChI is InChI=1S/C19H26N4O3/c1-2-14-6-9-19(10-7-14)17(25)23(18(26)22-19)13-16(24)21-12-8-15-5-3-4-11-20-15/h3-5,11,14H,2,6-10,12-13H2,1H3,(H,21,24)(H,22,26). The maximum absolute atomic E-state index is 12.8. The zero-order valence-electron chi connectivity index (χ0n) is 15.2. The van der Waals surface area contributed by atoms with Crippen molar-refractivity contribution in [3.63, 3.8) is 0 Å². The van der Waals surface area contributed by atoms with E-state index in [4.69, 9.17) is 0 Å². The molecule has 0 aromatic carbocycles. The van der Waals surface area contributed by atoms with Gasteiger partial charge in [-0.1, -0.05) is 19.4 Å². The number of pyridine rings is 1. The number of aromatic nitrogens is 1. The molecule has 2 heterocycles. The molecule has 1 saturated carbocycles. The molecule has 1 aliphatic carbocycles. The van der Waals surface area contributed by atoms with Crippen LogP contribution in [-0.4, -0.2) is 46.4 Å². The highest BCUT2D eigenvalue weighted by Crippen LogP contribution is 2.37. The van der Waals surface area contributed by atoms with Crippen molar-refractivity contribution >= 4 is 17.8 Å². The Morgan fingerprint density at radius 1 is 1.35 bits per heavy atom. The molecule has 0 radical (unpaired) electrons. The van der Waals surface area contributed by atoms with Crippen molar-refractivity contribution in [2.45, 2.75) is 51.0 Å². The van der Waals surface area contributed by atoms with Crippen molar-refractivity contribution in [2.24, 2.45) is 5.92 Å². The summed E-state index contributed by atoms with van der Waals surface area (Å²) in [5.74, 6) is 0.0370. The van der Waals surface area contributed by atoms with Gasteiger partial charge in [-0.3, -0.25) is 19.5 Å². The number of carbonyl (C=O) groups excluding carboxylic acids is 3. The molecular formula is C19H26N4O3. The van der Waals surface area contributed by atoms with Crippen LogP contribution in [0.2, 0.25) is 0 Å². The molecule has 0 bridgehead atoms. The summed E-state index contributed by atoms with van der Waals surface area (Å²) in [7, 11) is 0. The SMILES string of the molecule is CCC1CCC2(CC1)NC(=O)N(CC(=O)NCCc1ccccn1)C2=O. The molecule has 2 aliphatic rings. The van der Waals surface area contributed by atoms with Gasteiger partial charge in [-0.15, -0.1) is 0 Å². The van der Waals surface area contributed by atoms with Gasteiger partial charge in [0.05, 0.1) is 0 Å². The lowest BCUT2D eigenvalue weighted by Gasteiger charge is -2.34. The molecule has 0 unspecified atom stereocenters. The van der Waals surface area contributed by atoms with Crippen LogP contribution >= 0.6 is 0 Å². The lowest BCUT2D eigenvalue weighted by Crippen LogP contribution is -2.50. The summed E-state index contributed by atoms with van der Waals surface area (Å²) in [4.78, 5) is 42.4. The second kappa shape index (κ2) is 7.85. The van der Waals surface area contributed by atoms with E-state index in [0.29, 0.717) is 31.7 Å². The number of carbonyl (C=O) groups is 3. The Labute approximate surface area is 153 Å². The Kier molecular flexibility index (Phi) is 5.54. The molecule has 1 aromatic heterocycles. The second-order valence-corrected chi connectivity index (χ2v) is 7.18. The number of hydrogen-bond donors (Lipinski definition) is 2. The predicted octanol–water partition coefficient (Wildman–Crippen LogP) is 1.63. The van der Waals surface area contributed by atoms with E-state index in [1.807, 2.05) is 18.2 Å². The number of rotatable bonds is 6. The quantitative estimate of drug-likeness (QED) is 0.756. The number of imide groups is 1. The summed E-state index contributed by atoms with van der Waals surface area (Å²) in [6, 6.07) is 5.16. The van der Waals surface area contributed by atoms with Gasteiger partial charge in [0.15, 0.2) is 0 Å². The molecule has 140 valence electrons. The zero-order valence-corrected chi connectivity index (χ0v) is 15.2. The average Bonchev–Trinajstić information content (AvgIpc) is 2.87. The van der Waals surface area contributed by atoms with Crippen LogP contribution in [0.1, 0.15) is 44.7 Å². The highest BCUT2D eigenvalue weighted by Gasteiger charge is 2.52. The van der Waals surface area contributed by atoms with Gasteiger partial charge in [0, 0.05) is 24.9 Å². The molecule has 7 nitrogen and oxygen atoms in total. The van der Waals surface area contributed by atoms with Crippen molar-refractivity contribution in [1.29, 1.82) is 0 Å². The lowest BCUT2D eigenvalue weighted by atomic mass is 9.75. The third kappa shape index (κ3) is 3.86. The van der Waals surface area contributed by atoms with Gasteiger partial charge in [0.2, 0.25) is 5.91 Å². The molecule has 1 spiro atoms. The first-order chi connectivity index (χ1) is 12.5. The molecule has 2 fully saturated rings. The van der Waals surface area contributed by atoms with Crippen LogP contribution in [0.15, 0.2) is 24.4 Å². The van der Waals surface area contributed by atoms with Crippen molar-refractivity contribution < 1.29 is 14.4 Å². The van der Waals surface area contributed by atoms with Gasteiger partial charge in [0.1, 0.15) is 12.1 Å². The van der Waals surface area contributed by atoms with Crippen molar-refractivity contribution in [1.82, 2.24) is 20.5 Å². The van der Waals surface area contributed by atoms with Crippen LogP contribution < -0.4 is 10.6 Å². The van der Waals surface area contributed by atoms with Crippen LogP contribution in [0.4, 0.5) is 4.79 Å². The fourth-order valence-electron chi connectivity index (χ4n) is 3.81. The van der Waals surface area contributed by atoms with Gasteiger partial charge in [-0.25, -0.2) is 4.79 Å². The summed E-state index contributed by atoms with van der Waals surface area (Å²) >= 11 is 0. The first-order valence-corrected chi connectivity index (χ1v) is 9.35. The van der Waals surface area contributed by atoms with E-state index in [-0.39, 0.29) is 18.4 Å². The molecule has 4 amide bonds. The minimum Gasteiger partial charge on any atom is -0.354 e. The number of urea groups is 1. The minimum atomic E-state index is -0.795.